The summed E-state index contributed by atoms with van der Waals surface area (Å²) >= 11 is 0. The predicted octanol–water partition coefficient (Wildman–Crippen LogP) is 3.21. The van der Waals surface area contributed by atoms with Crippen LogP contribution >= 0.6 is 0 Å². The lowest BCUT2D eigenvalue weighted by Gasteiger charge is -2.15. The highest BCUT2D eigenvalue weighted by Gasteiger charge is 2.36. The summed E-state index contributed by atoms with van der Waals surface area (Å²) in [6, 6.07) is 22.2. The Morgan fingerprint density at radius 2 is 1.38 bits per heavy atom. The first-order chi connectivity index (χ1) is 14.2. The van der Waals surface area contributed by atoms with Crippen molar-refractivity contribution < 1.29 is 14.4 Å². The third-order valence-corrected chi connectivity index (χ3v) is 4.96. The highest BCUT2D eigenvalue weighted by molar-refractivity contribution is 6.20. The normalized spacial score (nSPS) is 13.3. The summed E-state index contributed by atoms with van der Waals surface area (Å²) in [5, 5.41) is 9.25. The van der Waals surface area contributed by atoms with Crippen LogP contribution in [0.2, 0.25) is 0 Å². The molecule has 0 fully saturated rings. The van der Waals surface area contributed by atoms with E-state index in [1.807, 2.05) is 53.2 Å². The van der Waals surface area contributed by atoms with Crippen molar-refractivity contribution >= 4 is 22.8 Å². The molecule has 4 aromatic rings. The Bertz CT molecular complexity index is 1210. The molecule has 0 atom stereocenters. The molecule has 1 aliphatic rings. The molecule has 0 spiro atoms. The molecule has 0 unspecified atom stereocenters. The summed E-state index contributed by atoms with van der Waals surface area (Å²) < 4.78 is 1.82. The molecular formula is C22H16N4O3. The van der Waals surface area contributed by atoms with Gasteiger partial charge in [0.25, 0.3) is 11.8 Å². The predicted molar refractivity (Wildman–Crippen MR) is 105 cm³/mol. The molecule has 0 saturated heterocycles. The Hall–Kier alpha value is -3.84. The second-order valence-electron chi connectivity index (χ2n) is 6.73. The van der Waals surface area contributed by atoms with Crippen molar-refractivity contribution in [3.63, 3.8) is 0 Å². The smallest absolute Gasteiger partial charge is 0.266 e. The lowest BCUT2D eigenvalue weighted by Crippen LogP contribution is -2.30. The fourth-order valence-corrected chi connectivity index (χ4v) is 3.47. The molecule has 5 rings (SSSR count). The van der Waals surface area contributed by atoms with E-state index in [0.717, 1.165) is 27.2 Å². The fourth-order valence-electron chi connectivity index (χ4n) is 3.47. The number of hydrogen-bond acceptors (Lipinski definition) is 5. The van der Waals surface area contributed by atoms with Gasteiger partial charge in [0.2, 0.25) is 0 Å². The standard InChI is InChI=1S/C22H16N4O3/c27-21-17-9-3-4-10-18(17)22(28)26(21)29-14-16-8-2-1-7-15(16)13-25-20-12-6-5-11-19(20)23-24-25/h1-12H,13-14H2. The number of carbonyl (C=O) groups is 2. The minimum absolute atomic E-state index is 0.0915. The second kappa shape index (κ2) is 6.96. The van der Waals surface area contributed by atoms with Gasteiger partial charge in [0.1, 0.15) is 12.1 Å². The molecule has 1 aliphatic heterocycles. The zero-order valence-corrected chi connectivity index (χ0v) is 15.4. The van der Waals surface area contributed by atoms with E-state index in [4.69, 9.17) is 4.84 Å². The molecule has 7 heteroatoms. The molecule has 142 valence electrons. The summed E-state index contributed by atoms with van der Waals surface area (Å²) in [5.41, 5.74) is 4.32. The maximum Gasteiger partial charge on any atom is 0.285 e. The number of imide groups is 1. The highest BCUT2D eigenvalue weighted by Crippen LogP contribution is 2.24. The third-order valence-electron chi connectivity index (χ3n) is 4.96. The number of hydrogen-bond donors (Lipinski definition) is 0. The van der Waals surface area contributed by atoms with Crippen molar-refractivity contribution in [3.05, 3.63) is 95.1 Å². The SMILES string of the molecule is O=C1c2ccccc2C(=O)N1OCc1ccccc1Cn1nnc2ccccc21. The number of fused-ring (bicyclic) bond motifs is 2. The van der Waals surface area contributed by atoms with Crippen LogP contribution in [0.1, 0.15) is 31.8 Å². The van der Waals surface area contributed by atoms with E-state index in [0.29, 0.717) is 17.7 Å². The largest absolute Gasteiger partial charge is 0.285 e. The van der Waals surface area contributed by atoms with E-state index in [9.17, 15) is 9.59 Å². The Kier molecular flexibility index (Phi) is 4.14. The number of carbonyl (C=O) groups excluding carboxylic acids is 2. The summed E-state index contributed by atoms with van der Waals surface area (Å²) in [6.07, 6.45) is 0. The number of nitrogens with zero attached hydrogens (tertiary/aromatic N) is 4. The molecular weight excluding hydrogens is 368 g/mol. The first-order valence-corrected chi connectivity index (χ1v) is 9.18. The van der Waals surface area contributed by atoms with Crippen LogP contribution in [0.4, 0.5) is 0 Å². The number of para-hydroxylation sites is 1. The maximum atomic E-state index is 12.5. The molecule has 0 radical (unpaired) electrons. The first-order valence-electron chi connectivity index (χ1n) is 9.18. The van der Waals surface area contributed by atoms with E-state index in [1.165, 1.54) is 0 Å². The third kappa shape index (κ3) is 2.97. The molecule has 0 saturated carbocycles. The molecule has 29 heavy (non-hydrogen) atoms. The molecule has 2 heterocycles. The number of aromatic nitrogens is 3. The topological polar surface area (TPSA) is 77.3 Å². The summed E-state index contributed by atoms with van der Waals surface area (Å²) in [7, 11) is 0. The van der Waals surface area contributed by atoms with E-state index in [-0.39, 0.29) is 6.61 Å². The van der Waals surface area contributed by atoms with Crippen LogP contribution in [-0.2, 0) is 18.0 Å². The average molecular weight is 384 g/mol. The lowest BCUT2D eigenvalue weighted by atomic mass is 10.1. The summed E-state index contributed by atoms with van der Waals surface area (Å²) in [5.74, 6) is -0.879. The van der Waals surface area contributed by atoms with Crippen molar-refractivity contribution in [1.82, 2.24) is 20.1 Å². The Morgan fingerprint density at radius 1 is 0.759 bits per heavy atom. The van der Waals surface area contributed by atoms with Gasteiger partial charge in [0.05, 0.1) is 23.2 Å². The van der Waals surface area contributed by atoms with Crippen LogP contribution in [-0.4, -0.2) is 31.9 Å². The van der Waals surface area contributed by atoms with Crippen LogP contribution in [0.25, 0.3) is 11.0 Å². The van der Waals surface area contributed by atoms with Crippen molar-refractivity contribution in [2.45, 2.75) is 13.2 Å². The van der Waals surface area contributed by atoms with Gasteiger partial charge >= 0.3 is 0 Å². The van der Waals surface area contributed by atoms with Crippen molar-refractivity contribution in [2.75, 3.05) is 0 Å². The van der Waals surface area contributed by atoms with Gasteiger partial charge in [-0.3, -0.25) is 14.4 Å². The Labute approximate surface area is 166 Å². The maximum absolute atomic E-state index is 12.5. The van der Waals surface area contributed by atoms with Gasteiger partial charge in [-0.05, 0) is 35.4 Å². The molecule has 0 N–H and O–H groups in total. The van der Waals surface area contributed by atoms with Gasteiger partial charge in [-0.15, -0.1) is 10.2 Å². The minimum Gasteiger partial charge on any atom is -0.266 e. The molecule has 0 aliphatic carbocycles. The lowest BCUT2D eigenvalue weighted by molar-refractivity contribution is -0.101. The Morgan fingerprint density at radius 3 is 2.14 bits per heavy atom. The van der Waals surface area contributed by atoms with Crippen LogP contribution < -0.4 is 0 Å². The zero-order chi connectivity index (χ0) is 19.8. The molecule has 2 amide bonds. The minimum atomic E-state index is -0.439. The number of hydroxylamine groups is 2. The quantitative estimate of drug-likeness (QED) is 0.494. The van der Waals surface area contributed by atoms with Gasteiger partial charge in [0.15, 0.2) is 0 Å². The molecule has 0 bridgehead atoms. The van der Waals surface area contributed by atoms with Crippen LogP contribution in [0.5, 0.6) is 0 Å². The molecule has 3 aromatic carbocycles. The van der Waals surface area contributed by atoms with Gasteiger partial charge < -0.3 is 0 Å². The van der Waals surface area contributed by atoms with Crippen molar-refractivity contribution in [1.29, 1.82) is 0 Å². The number of benzene rings is 3. The van der Waals surface area contributed by atoms with Crippen molar-refractivity contribution in [3.8, 4) is 0 Å². The first kappa shape index (κ1) is 17.3. The van der Waals surface area contributed by atoms with Crippen molar-refractivity contribution in [2.24, 2.45) is 0 Å². The van der Waals surface area contributed by atoms with Gasteiger partial charge in [-0.25, -0.2) is 4.68 Å². The fraction of sp³-hybridized carbons (Fsp3) is 0.0909. The van der Waals surface area contributed by atoms with E-state index in [2.05, 4.69) is 10.3 Å². The van der Waals surface area contributed by atoms with Gasteiger partial charge in [-0.2, -0.15) is 0 Å². The van der Waals surface area contributed by atoms with Crippen LogP contribution in [0.15, 0.2) is 72.8 Å². The van der Waals surface area contributed by atoms with E-state index < -0.39 is 11.8 Å². The number of amides is 2. The summed E-state index contributed by atoms with van der Waals surface area (Å²) in [4.78, 5) is 30.6. The number of rotatable bonds is 5. The average Bonchev–Trinajstić information content (AvgIpc) is 3.27. The monoisotopic (exact) mass is 384 g/mol. The van der Waals surface area contributed by atoms with Gasteiger partial charge in [0, 0.05) is 0 Å². The zero-order valence-electron chi connectivity index (χ0n) is 15.4. The van der Waals surface area contributed by atoms with Crippen LogP contribution in [0.3, 0.4) is 0 Å². The highest BCUT2D eigenvalue weighted by atomic mass is 16.7. The second-order valence-corrected chi connectivity index (χ2v) is 6.73. The van der Waals surface area contributed by atoms with Gasteiger partial charge in [-0.1, -0.05) is 53.7 Å². The Balaban J connectivity index is 1.37. The van der Waals surface area contributed by atoms with E-state index >= 15 is 0 Å². The van der Waals surface area contributed by atoms with Crippen LogP contribution in [0, 0.1) is 0 Å². The molecule has 1 aromatic heterocycles. The van der Waals surface area contributed by atoms with E-state index in [1.54, 1.807) is 24.3 Å². The summed E-state index contributed by atoms with van der Waals surface area (Å²) in [6.45, 7) is 0.594. The molecule has 7 nitrogen and oxygen atoms in total.